The molecule has 6 nitrogen and oxygen atoms in total. The van der Waals surface area contributed by atoms with Crippen molar-refractivity contribution in [1.29, 1.82) is 0 Å². The van der Waals surface area contributed by atoms with E-state index in [0.717, 1.165) is 51.5 Å². The van der Waals surface area contributed by atoms with Gasteiger partial charge in [0.2, 0.25) is 0 Å². The van der Waals surface area contributed by atoms with E-state index in [2.05, 4.69) is 21.2 Å². The number of nitro groups is 1. The first-order chi connectivity index (χ1) is 12.1. The Balaban J connectivity index is 1.95. The molecule has 4 rings (SSSR count). The minimum Gasteiger partial charge on any atom is -0.370 e. The highest BCUT2D eigenvalue weighted by Gasteiger charge is 2.25. The van der Waals surface area contributed by atoms with Crippen molar-refractivity contribution in [3.05, 3.63) is 55.9 Å². The SMILES string of the molecule is O=[N+]([O-])c1ccccc1-n1nc(-c2ccc(Br)s2)c2c1NCCCC2. The van der Waals surface area contributed by atoms with Gasteiger partial charge in [-0.15, -0.1) is 11.3 Å². The average molecular weight is 419 g/mol. The van der Waals surface area contributed by atoms with Crippen LogP contribution in [0.4, 0.5) is 11.5 Å². The normalized spacial score (nSPS) is 13.8. The molecule has 8 heteroatoms. The van der Waals surface area contributed by atoms with Crippen molar-refractivity contribution >= 4 is 38.8 Å². The zero-order valence-electron chi connectivity index (χ0n) is 13.2. The van der Waals surface area contributed by atoms with Gasteiger partial charge in [-0.25, -0.2) is 4.68 Å². The van der Waals surface area contributed by atoms with Gasteiger partial charge in [0.05, 0.1) is 13.6 Å². The van der Waals surface area contributed by atoms with Gasteiger partial charge >= 0.3 is 0 Å². The van der Waals surface area contributed by atoms with E-state index in [1.54, 1.807) is 34.2 Å². The summed E-state index contributed by atoms with van der Waals surface area (Å²) in [5.74, 6) is 0.867. The number of aromatic nitrogens is 2. The van der Waals surface area contributed by atoms with Gasteiger partial charge in [0.15, 0.2) is 0 Å². The van der Waals surface area contributed by atoms with Crippen molar-refractivity contribution in [3.63, 3.8) is 0 Å². The molecule has 0 radical (unpaired) electrons. The van der Waals surface area contributed by atoms with Crippen molar-refractivity contribution in [2.45, 2.75) is 19.3 Å². The number of nitrogens with zero attached hydrogens (tertiary/aromatic N) is 3. The van der Waals surface area contributed by atoms with Crippen LogP contribution in [0.5, 0.6) is 0 Å². The van der Waals surface area contributed by atoms with Gasteiger partial charge in [-0.05, 0) is 53.4 Å². The molecule has 3 aromatic rings. The lowest BCUT2D eigenvalue weighted by Crippen LogP contribution is -2.08. The molecule has 0 amide bonds. The van der Waals surface area contributed by atoms with Gasteiger partial charge < -0.3 is 5.32 Å². The van der Waals surface area contributed by atoms with Crippen LogP contribution in [-0.2, 0) is 6.42 Å². The molecule has 0 aliphatic carbocycles. The van der Waals surface area contributed by atoms with Crippen molar-refractivity contribution in [1.82, 2.24) is 9.78 Å². The summed E-state index contributed by atoms with van der Waals surface area (Å²) in [6, 6.07) is 10.8. The van der Waals surface area contributed by atoms with E-state index in [9.17, 15) is 10.1 Å². The molecular weight excluding hydrogens is 404 g/mol. The fraction of sp³-hybridized carbons (Fsp3) is 0.235. The van der Waals surface area contributed by atoms with Crippen LogP contribution in [0.3, 0.4) is 0 Å². The van der Waals surface area contributed by atoms with E-state index in [0.29, 0.717) is 5.69 Å². The molecular formula is C17H15BrN4O2S. The number of nitro benzene ring substituents is 1. The molecule has 128 valence electrons. The number of benzene rings is 1. The van der Waals surface area contributed by atoms with Crippen LogP contribution >= 0.6 is 27.3 Å². The lowest BCUT2D eigenvalue weighted by Gasteiger charge is -2.09. The molecule has 0 fully saturated rings. The molecule has 0 saturated heterocycles. The molecule has 0 unspecified atom stereocenters. The highest BCUT2D eigenvalue weighted by molar-refractivity contribution is 9.11. The lowest BCUT2D eigenvalue weighted by atomic mass is 10.1. The quantitative estimate of drug-likeness (QED) is 0.478. The summed E-state index contributed by atoms with van der Waals surface area (Å²) < 4.78 is 2.74. The monoisotopic (exact) mass is 418 g/mol. The van der Waals surface area contributed by atoms with E-state index < -0.39 is 0 Å². The zero-order chi connectivity index (χ0) is 17.4. The van der Waals surface area contributed by atoms with Gasteiger partial charge in [-0.3, -0.25) is 10.1 Å². The third-order valence-electron chi connectivity index (χ3n) is 4.24. The molecule has 0 bridgehead atoms. The summed E-state index contributed by atoms with van der Waals surface area (Å²) >= 11 is 5.12. The topological polar surface area (TPSA) is 73.0 Å². The maximum atomic E-state index is 11.5. The zero-order valence-corrected chi connectivity index (χ0v) is 15.6. The Morgan fingerprint density at radius 2 is 2.08 bits per heavy atom. The van der Waals surface area contributed by atoms with Gasteiger partial charge in [-0.2, -0.15) is 5.10 Å². The predicted molar refractivity (Wildman–Crippen MR) is 103 cm³/mol. The Bertz CT molecular complexity index is 950. The second-order valence-corrected chi connectivity index (χ2v) is 8.28. The molecule has 1 aliphatic rings. The number of thiophene rings is 1. The summed E-state index contributed by atoms with van der Waals surface area (Å²) in [7, 11) is 0. The average Bonchev–Trinajstić information content (AvgIpc) is 3.10. The van der Waals surface area contributed by atoms with Crippen molar-refractivity contribution in [3.8, 4) is 16.3 Å². The van der Waals surface area contributed by atoms with Gasteiger partial charge in [0.25, 0.3) is 5.69 Å². The highest BCUT2D eigenvalue weighted by Crippen LogP contribution is 2.39. The first kappa shape index (κ1) is 16.3. The molecule has 1 N–H and O–H groups in total. The number of fused-ring (bicyclic) bond motifs is 1. The van der Waals surface area contributed by atoms with Gasteiger partial charge in [0, 0.05) is 18.2 Å². The number of hydrogen-bond donors (Lipinski definition) is 1. The van der Waals surface area contributed by atoms with E-state index in [-0.39, 0.29) is 10.6 Å². The number of para-hydroxylation sites is 2. The Hall–Kier alpha value is -2.19. The number of anilines is 1. The number of hydrogen-bond acceptors (Lipinski definition) is 5. The lowest BCUT2D eigenvalue weighted by molar-refractivity contribution is -0.384. The Morgan fingerprint density at radius 1 is 1.24 bits per heavy atom. The van der Waals surface area contributed by atoms with E-state index in [1.165, 1.54) is 6.07 Å². The second kappa shape index (κ2) is 6.61. The van der Waals surface area contributed by atoms with E-state index in [4.69, 9.17) is 5.10 Å². The molecule has 0 spiro atoms. The molecule has 0 atom stereocenters. The standard InChI is InChI=1S/C17H15BrN4O2S/c18-15-9-8-14(25-15)16-11-5-3-4-10-19-17(11)21(20-16)12-6-1-2-7-13(12)22(23)24/h1-2,6-9,19H,3-5,10H2. The van der Waals surface area contributed by atoms with Crippen LogP contribution in [0.25, 0.3) is 16.3 Å². The molecule has 1 aliphatic heterocycles. The van der Waals surface area contributed by atoms with Crippen molar-refractivity contribution in [2.75, 3.05) is 11.9 Å². The van der Waals surface area contributed by atoms with Crippen LogP contribution in [0.1, 0.15) is 18.4 Å². The van der Waals surface area contributed by atoms with Gasteiger partial charge in [-0.1, -0.05) is 12.1 Å². The third kappa shape index (κ3) is 2.96. The molecule has 1 aromatic carbocycles. The molecule has 25 heavy (non-hydrogen) atoms. The fourth-order valence-electron chi connectivity index (χ4n) is 3.11. The Labute approximate surface area is 156 Å². The van der Waals surface area contributed by atoms with Crippen LogP contribution in [0.2, 0.25) is 0 Å². The summed E-state index contributed by atoms with van der Waals surface area (Å²) in [4.78, 5) is 12.2. The Morgan fingerprint density at radius 3 is 2.84 bits per heavy atom. The first-order valence-electron chi connectivity index (χ1n) is 8.00. The fourth-order valence-corrected chi connectivity index (χ4v) is 4.51. The maximum Gasteiger partial charge on any atom is 0.294 e. The number of rotatable bonds is 3. The maximum absolute atomic E-state index is 11.5. The van der Waals surface area contributed by atoms with Crippen LogP contribution in [0, 0.1) is 10.1 Å². The number of nitrogens with one attached hydrogen (secondary N) is 1. The van der Waals surface area contributed by atoms with Crippen molar-refractivity contribution in [2.24, 2.45) is 0 Å². The molecule has 3 heterocycles. The summed E-state index contributed by atoms with van der Waals surface area (Å²) in [6.45, 7) is 0.840. The summed E-state index contributed by atoms with van der Waals surface area (Å²) in [6.07, 6.45) is 3.05. The third-order valence-corrected chi connectivity index (χ3v) is 5.87. The predicted octanol–water partition coefficient (Wildman–Crippen LogP) is 5.02. The molecule has 0 saturated carbocycles. The highest BCUT2D eigenvalue weighted by atomic mass is 79.9. The summed E-state index contributed by atoms with van der Waals surface area (Å²) in [5, 5.41) is 19.6. The largest absolute Gasteiger partial charge is 0.370 e. The second-order valence-electron chi connectivity index (χ2n) is 5.82. The molecule has 2 aromatic heterocycles. The van der Waals surface area contributed by atoms with Gasteiger partial charge in [0.1, 0.15) is 17.2 Å². The van der Waals surface area contributed by atoms with E-state index in [1.807, 2.05) is 12.1 Å². The van der Waals surface area contributed by atoms with Crippen LogP contribution in [-0.4, -0.2) is 21.2 Å². The van der Waals surface area contributed by atoms with Crippen molar-refractivity contribution < 1.29 is 4.92 Å². The minimum atomic E-state index is -0.360. The minimum absolute atomic E-state index is 0.0535. The smallest absolute Gasteiger partial charge is 0.294 e. The van der Waals surface area contributed by atoms with Crippen LogP contribution in [0.15, 0.2) is 40.2 Å². The first-order valence-corrected chi connectivity index (χ1v) is 9.61. The Kier molecular flexibility index (Phi) is 4.30. The van der Waals surface area contributed by atoms with E-state index >= 15 is 0 Å². The summed E-state index contributed by atoms with van der Waals surface area (Å²) in [5.41, 5.74) is 2.57. The van der Waals surface area contributed by atoms with Crippen LogP contribution < -0.4 is 5.32 Å². The number of halogens is 1.